The third kappa shape index (κ3) is 7.64. The predicted octanol–water partition coefficient (Wildman–Crippen LogP) is 4.95. The van der Waals surface area contributed by atoms with E-state index in [0.29, 0.717) is 42.5 Å². The Morgan fingerprint density at radius 1 is 1.31 bits per heavy atom. The monoisotopic (exact) mass is 513 g/mol. The van der Waals surface area contributed by atoms with Gasteiger partial charge in [-0.2, -0.15) is 5.26 Å². The van der Waals surface area contributed by atoms with Gasteiger partial charge in [0.25, 0.3) is 0 Å². The summed E-state index contributed by atoms with van der Waals surface area (Å²) in [6.07, 6.45) is 13.0. The minimum absolute atomic E-state index is 0.0842. The first-order chi connectivity index (χ1) is 17.1. The number of rotatable bonds is 11. The van der Waals surface area contributed by atoms with E-state index in [1.807, 2.05) is 17.9 Å². The summed E-state index contributed by atoms with van der Waals surface area (Å²) in [6, 6.07) is 5.66. The van der Waals surface area contributed by atoms with Crippen LogP contribution in [0.3, 0.4) is 0 Å². The number of halogens is 1. The lowest BCUT2D eigenvalue weighted by Crippen LogP contribution is -2.47. The normalized spacial score (nSPS) is 22.1. The fourth-order valence-corrected chi connectivity index (χ4v) is 4.73. The first-order valence-corrected chi connectivity index (χ1v) is 13.1. The third-order valence-electron chi connectivity index (χ3n) is 6.93. The molecule has 3 unspecified atom stereocenters. The number of nitrogens with one attached hydrogen (secondary N) is 1. The molecule has 1 heterocycles. The number of anilines is 1. The fourth-order valence-electron chi connectivity index (χ4n) is 4.52. The summed E-state index contributed by atoms with van der Waals surface area (Å²) in [6.45, 7) is 7.16. The summed E-state index contributed by atoms with van der Waals surface area (Å²) in [4.78, 5) is 8.82. The lowest BCUT2D eigenvalue weighted by Gasteiger charge is -2.34. The Morgan fingerprint density at radius 2 is 2.08 bits per heavy atom. The minimum Gasteiger partial charge on any atom is -0.376 e. The van der Waals surface area contributed by atoms with Gasteiger partial charge in [0.1, 0.15) is 18.0 Å². The molecular formula is C28H40ClN5O2. The second-order valence-corrected chi connectivity index (χ2v) is 10.7. The summed E-state index contributed by atoms with van der Waals surface area (Å²) in [5.74, 6) is 0.404. The average molecular weight is 514 g/mol. The summed E-state index contributed by atoms with van der Waals surface area (Å²) >= 11 is 6.29. The van der Waals surface area contributed by atoms with Crippen molar-refractivity contribution in [2.45, 2.75) is 64.4 Å². The van der Waals surface area contributed by atoms with Crippen molar-refractivity contribution in [3.8, 4) is 6.07 Å². The van der Waals surface area contributed by atoms with Crippen LogP contribution in [-0.4, -0.2) is 73.0 Å². The molecule has 1 aliphatic carbocycles. The molecule has 0 aromatic heterocycles. The van der Waals surface area contributed by atoms with Crippen LogP contribution < -0.4 is 5.32 Å². The van der Waals surface area contributed by atoms with Crippen LogP contribution in [0.15, 0.2) is 40.9 Å². The predicted molar refractivity (Wildman–Crippen MR) is 147 cm³/mol. The number of hydrogen-bond donors (Lipinski definition) is 2. The minimum atomic E-state index is -0.993. The number of allylic oxidation sites excluding steroid dienone is 2. The second kappa shape index (κ2) is 12.8. The van der Waals surface area contributed by atoms with E-state index in [1.165, 1.54) is 5.57 Å². The molecule has 3 rings (SSSR count). The molecular weight excluding hydrogens is 474 g/mol. The summed E-state index contributed by atoms with van der Waals surface area (Å²) in [5, 5.41) is 23.6. The Hall–Kier alpha value is -2.21. The number of nitrogens with zero attached hydrogens (tertiary/aromatic N) is 4. The maximum Gasteiger partial charge on any atom is 0.114 e. The van der Waals surface area contributed by atoms with Gasteiger partial charge in [0, 0.05) is 31.0 Å². The third-order valence-corrected chi connectivity index (χ3v) is 7.42. The molecule has 0 amide bonds. The van der Waals surface area contributed by atoms with Gasteiger partial charge in [0.2, 0.25) is 0 Å². The Bertz CT molecular complexity index is 1020. The average Bonchev–Trinajstić information content (AvgIpc) is 2.85. The van der Waals surface area contributed by atoms with Crippen molar-refractivity contribution in [2.75, 3.05) is 39.2 Å². The topological polar surface area (TPSA) is 84.1 Å². The molecule has 8 heteroatoms. The molecule has 196 valence electrons. The molecule has 7 nitrogen and oxygen atoms in total. The summed E-state index contributed by atoms with van der Waals surface area (Å²) in [5.41, 5.74) is 2.48. The summed E-state index contributed by atoms with van der Waals surface area (Å²) < 4.78 is 6.10. The van der Waals surface area contributed by atoms with Crippen molar-refractivity contribution in [3.05, 3.63) is 52.1 Å². The molecule has 1 aromatic carbocycles. The van der Waals surface area contributed by atoms with E-state index in [-0.39, 0.29) is 6.10 Å². The molecule has 0 radical (unpaired) electrons. The van der Waals surface area contributed by atoms with E-state index in [0.717, 1.165) is 36.9 Å². The molecule has 3 atom stereocenters. The van der Waals surface area contributed by atoms with Gasteiger partial charge in [-0.1, -0.05) is 29.8 Å². The number of ether oxygens (including phenoxy) is 1. The maximum atomic E-state index is 10.7. The van der Waals surface area contributed by atoms with E-state index in [2.05, 4.69) is 54.8 Å². The van der Waals surface area contributed by atoms with Crippen LogP contribution in [0.25, 0.3) is 0 Å². The summed E-state index contributed by atoms with van der Waals surface area (Å²) in [7, 11) is 4.15. The molecule has 36 heavy (non-hydrogen) atoms. The van der Waals surface area contributed by atoms with Crippen LogP contribution in [0, 0.1) is 24.2 Å². The number of hydrogen-bond acceptors (Lipinski definition) is 7. The van der Waals surface area contributed by atoms with E-state index in [4.69, 9.17) is 26.6 Å². The van der Waals surface area contributed by atoms with Gasteiger partial charge in [-0.15, -0.1) is 0 Å². The van der Waals surface area contributed by atoms with Crippen LogP contribution in [-0.2, 0) is 4.74 Å². The number of aliphatic imine (C=N–C) groups is 1. The van der Waals surface area contributed by atoms with Gasteiger partial charge >= 0.3 is 0 Å². The Labute approximate surface area is 221 Å². The zero-order valence-corrected chi connectivity index (χ0v) is 22.9. The van der Waals surface area contributed by atoms with E-state index in [1.54, 1.807) is 19.9 Å². The van der Waals surface area contributed by atoms with Gasteiger partial charge in [-0.25, -0.2) is 0 Å². The van der Waals surface area contributed by atoms with E-state index >= 15 is 0 Å². The first-order valence-electron chi connectivity index (χ1n) is 12.7. The fraction of sp³-hybridized carbons (Fsp3) is 0.571. The van der Waals surface area contributed by atoms with Gasteiger partial charge in [0.05, 0.1) is 23.4 Å². The van der Waals surface area contributed by atoms with Crippen LogP contribution in [0.1, 0.15) is 50.7 Å². The molecule has 2 aliphatic rings. The van der Waals surface area contributed by atoms with E-state index in [9.17, 15) is 5.11 Å². The molecule has 1 aliphatic heterocycles. The van der Waals surface area contributed by atoms with Crippen molar-refractivity contribution in [1.29, 1.82) is 5.26 Å². The lowest BCUT2D eigenvalue weighted by molar-refractivity contribution is -0.0776. The molecule has 0 bridgehead atoms. The molecule has 1 aromatic rings. The number of aliphatic hydroxyl groups is 1. The van der Waals surface area contributed by atoms with Crippen LogP contribution in [0.4, 0.5) is 5.69 Å². The van der Waals surface area contributed by atoms with Crippen molar-refractivity contribution < 1.29 is 9.84 Å². The lowest BCUT2D eigenvalue weighted by atomic mass is 9.88. The Morgan fingerprint density at radius 3 is 2.67 bits per heavy atom. The highest BCUT2D eigenvalue weighted by molar-refractivity contribution is 6.32. The Kier molecular flexibility index (Phi) is 10.1. The SMILES string of the molecule is Cc1c(NCN(CCCOC2C=CC(C3C=NC(N(C)C)CC3)=CC2)C(C)(C)O)ccc(C#N)c1Cl. The highest BCUT2D eigenvalue weighted by Crippen LogP contribution is 2.28. The number of benzene rings is 1. The molecule has 0 spiro atoms. The van der Waals surface area contributed by atoms with Crippen LogP contribution in [0.2, 0.25) is 5.02 Å². The van der Waals surface area contributed by atoms with Crippen molar-refractivity contribution in [3.63, 3.8) is 0 Å². The smallest absolute Gasteiger partial charge is 0.114 e. The van der Waals surface area contributed by atoms with Crippen molar-refractivity contribution in [1.82, 2.24) is 9.80 Å². The molecule has 0 saturated carbocycles. The van der Waals surface area contributed by atoms with Crippen LogP contribution in [0.5, 0.6) is 0 Å². The van der Waals surface area contributed by atoms with Gasteiger partial charge < -0.3 is 15.2 Å². The number of nitriles is 1. The van der Waals surface area contributed by atoms with Crippen molar-refractivity contribution >= 4 is 23.5 Å². The highest BCUT2D eigenvalue weighted by atomic mass is 35.5. The molecule has 0 fully saturated rings. The second-order valence-electron chi connectivity index (χ2n) is 10.3. The largest absolute Gasteiger partial charge is 0.376 e. The maximum absolute atomic E-state index is 10.7. The van der Waals surface area contributed by atoms with E-state index < -0.39 is 5.72 Å². The molecule has 2 N–H and O–H groups in total. The zero-order valence-electron chi connectivity index (χ0n) is 22.2. The van der Waals surface area contributed by atoms with Crippen LogP contribution >= 0.6 is 11.6 Å². The van der Waals surface area contributed by atoms with Gasteiger partial charge in [0.15, 0.2) is 0 Å². The van der Waals surface area contributed by atoms with Gasteiger partial charge in [-0.3, -0.25) is 14.8 Å². The Balaban J connectivity index is 1.43. The standard InChI is InChI=1S/C28H40ClN5O2/c1-20-25(13-9-22(17-30)27(20)29)32-19-34(28(2,3)35)15-6-16-36-24-11-7-21(8-12-24)23-10-14-26(31-18-23)33(4)5/h7-9,11,13,18,23-24,26,32,35H,6,10,12,14-16,19H2,1-5H3. The molecule has 0 saturated heterocycles. The van der Waals surface area contributed by atoms with Crippen molar-refractivity contribution in [2.24, 2.45) is 10.9 Å². The first kappa shape index (κ1) is 28.4. The highest BCUT2D eigenvalue weighted by Gasteiger charge is 2.24. The van der Waals surface area contributed by atoms with Gasteiger partial charge in [-0.05, 0) is 83.8 Å². The quantitative estimate of drug-likeness (QED) is 0.322. The zero-order chi connectivity index (χ0) is 26.3.